The zero-order valence-corrected chi connectivity index (χ0v) is 16.5. The van der Waals surface area contributed by atoms with Crippen molar-refractivity contribution in [1.82, 2.24) is 10.6 Å². The van der Waals surface area contributed by atoms with Gasteiger partial charge in [0, 0.05) is 13.8 Å². The fraction of sp³-hybridized carbons (Fsp3) is 0.875. The lowest BCUT2D eigenvalue weighted by molar-refractivity contribution is -0.328. The predicted octanol–water partition coefficient (Wildman–Crippen LogP) is -5.21. The first-order valence-corrected chi connectivity index (χ1v) is 9.26. The van der Waals surface area contributed by atoms with Gasteiger partial charge < -0.3 is 55.2 Å². The molecule has 14 heteroatoms. The van der Waals surface area contributed by atoms with E-state index in [9.17, 15) is 35.1 Å². The number of ether oxygens (including phenoxy) is 3. The smallest absolute Gasteiger partial charge is 0.217 e. The Hall–Kier alpha value is -1.46. The summed E-state index contributed by atoms with van der Waals surface area (Å²) in [5.74, 6) is 3.95. The second kappa shape index (κ2) is 10.7. The van der Waals surface area contributed by atoms with Crippen molar-refractivity contribution in [3.8, 4) is 0 Å². The van der Waals surface area contributed by atoms with E-state index in [1.807, 2.05) is 0 Å². The van der Waals surface area contributed by atoms with Crippen molar-refractivity contribution in [2.45, 2.75) is 75.1 Å². The topological polar surface area (TPSA) is 222 Å². The van der Waals surface area contributed by atoms with Crippen LogP contribution >= 0.6 is 0 Å². The largest absolute Gasteiger partial charge is 0.394 e. The summed E-state index contributed by atoms with van der Waals surface area (Å²) < 4.78 is 16.5. The van der Waals surface area contributed by atoms with E-state index >= 15 is 0 Å². The molecule has 2 aliphatic heterocycles. The Balaban J connectivity index is 2.29. The quantitative estimate of drug-likeness (QED) is 0.174. The summed E-state index contributed by atoms with van der Waals surface area (Å²) in [4.78, 5) is 27.5. The van der Waals surface area contributed by atoms with Crippen LogP contribution in [-0.4, -0.2) is 112 Å². The molecule has 0 aromatic carbocycles. The molecule has 0 aromatic heterocycles. The molecule has 9 N–H and O–H groups in total. The Morgan fingerprint density at radius 3 is 2.07 bits per heavy atom. The summed E-state index contributed by atoms with van der Waals surface area (Å²) in [5.41, 5.74) is 0. The lowest BCUT2D eigenvalue weighted by Gasteiger charge is -2.47. The summed E-state index contributed by atoms with van der Waals surface area (Å²) in [6, 6.07) is -2.56. The molecular formula is C16H29N3O11. The van der Waals surface area contributed by atoms with Crippen molar-refractivity contribution in [1.29, 1.82) is 0 Å². The average Bonchev–Trinajstić information content (AvgIpc) is 2.67. The molecule has 0 unspecified atom stereocenters. The zero-order valence-electron chi connectivity index (χ0n) is 16.5. The van der Waals surface area contributed by atoms with Gasteiger partial charge in [-0.2, -0.15) is 0 Å². The summed E-state index contributed by atoms with van der Waals surface area (Å²) >= 11 is 0. The van der Waals surface area contributed by atoms with E-state index in [-0.39, 0.29) is 6.61 Å². The van der Waals surface area contributed by atoms with Crippen LogP contribution in [0.4, 0.5) is 0 Å². The third kappa shape index (κ3) is 5.61. The molecule has 2 rings (SSSR count). The van der Waals surface area contributed by atoms with Crippen LogP contribution in [0.5, 0.6) is 0 Å². The van der Waals surface area contributed by atoms with Gasteiger partial charge in [-0.05, 0) is 0 Å². The number of aliphatic hydroxyl groups excluding tert-OH is 5. The van der Waals surface area contributed by atoms with E-state index in [2.05, 4.69) is 15.5 Å². The molecule has 2 saturated heterocycles. The minimum Gasteiger partial charge on any atom is -0.394 e. The highest BCUT2D eigenvalue weighted by atomic mass is 16.7. The first kappa shape index (κ1) is 24.8. The first-order chi connectivity index (χ1) is 14.1. The fourth-order valence-electron chi connectivity index (χ4n) is 3.46. The number of amides is 2. The molecule has 2 heterocycles. The Bertz CT molecular complexity index is 597. The second-order valence-corrected chi connectivity index (χ2v) is 7.15. The Kier molecular flexibility index (Phi) is 8.86. The molecule has 0 bridgehead atoms. The summed E-state index contributed by atoms with van der Waals surface area (Å²) in [6.45, 7) is 1.33. The Morgan fingerprint density at radius 1 is 0.933 bits per heavy atom. The molecule has 0 aliphatic carbocycles. The number of carbonyl (C=O) groups excluding carboxylic acids is 2. The van der Waals surface area contributed by atoms with Crippen LogP contribution in [-0.2, 0) is 28.6 Å². The summed E-state index contributed by atoms with van der Waals surface area (Å²) in [7, 11) is 0. The molecular weight excluding hydrogens is 410 g/mol. The van der Waals surface area contributed by atoms with Crippen molar-refractivity contribution in [2.75, 3.05) is 13.2 Å². The third-order valence-corrected chi connectivity index (χ3v) is 4.86. The van der Waals surface area contributed by atoms with Crippen molar-refractivity contribution < 1.29 is 54.2 Å². The Labute approximate surface area is 171 Å². The number of nitrogens with two attached hydrogens (primary N) is 1. The number of aliphatic hydroxyl groups is 5. The summed E-state index contributed by atoms with van der Waals surface area (Å²) in [5, 5.41) is 55.4. The molecule has 0 spiro atoms. The van der Waals surface area contributed by atoms with Crippen molar-refractivity contribution in [2.24, 2.45) is 5.90 Å². The normalized spacial score (nSPS) is 41.9. The first-order valence-electron chi connectivity index (χ1n) is 9.26. The predicted molar refractivity (Wildman–Crippen MR) is 94.9 cm³/mol. The van der Waals surface area contributed by atoms with E-state index in [0.29, 0.717) is 0 Å². The van der Waals surface area contributed by atoms with E-state index in [1.165, 1.54) is 13.8 Å². The van der Waals surface area contributed by atoms with Gasteiger partial charge in [0.2, 0.25) is 11.8 Å². The van der Waals surface area contributed by atoms with Gasteiger partial charge in [-0.15, -0.1) is 0 Å². The number of nitrogens with one attached hydrogen (secondary N) is 2. The summed E-state index contributed by atoms with van der Waals surface area (Å²) in [6.07, 6.45) is -11.4. The van der Waals surface area contributed by atoms with Crippen LogP contribution in [0.3, 0.4) is 0 Å². The molecule has 0 saturated carbocycles. The van der Waals surface area contributed by atoms with Crippen LogP contribution in [0.1, 0.15) is 13.8 Å². The van der Waals surface area contributed by atoms with Crippen LogP contribution in [0, 0.1) is 0 Å². The number of carbonyl (C=O) groups is 2. The molecule has 2 fully saturated rings. The lowest BCUT2D eigenvalue weighted by atomic mass is 9.94. The number of hydrogen-bond acceptors (Lipinski definition) is 12. The minimum atomic E-state index is -1.61. The van der Waals surface area contributed by atoms with Gasteiger partial charge in [0.05, 0.1) is 13.2 Å². The highest BCUT2D eigenvalue weighted by Gasteiger charge is 2.51. The van der Waals surface area contributed by atoms with E-state index in [4.69, 9.17) is 20.1 Å². The van der Waals surface area contributed by atoms with Crippen molar-refractivity contribution in [3.63, 3.8) is 0 Å². The molecule has 0 aromatic rings. The van der Waals surface area contributed by atoms with Gasteiger partial charge in [-0.1, -0.05) is 0 Å². The monoisotopic (exact) mass is 439 g/mol. The van der Waals surface area contributed by atoms with Gasteiger partial charge in [0.25, 0.3) is 0 Å². The van der Waals surface area contributed by atoms with E-state index < -0.39 is 79.7 Å². The lowest BCUT2D eigenvalue weighted by Crippen LogP contribution is -2.69. The molecule has 14 nitrogen and oxygen atoms in total. The minimum absolute atomic E-state index is 0.336. The Morgan fingerprint density at radius 2 is 1.53 bits per heavy atom. The molecule has 174 valence electrons. The maximum Gasteiger partial charge on any atom is 0.217 e. The van der Waals surface area contributed by atoms with Gasteiger partial charge >= 0.3 is 0 Å². The van der Waals surface area contributed by atoms with Crippen LogP contribution in [0.2, 0.25) is 0 Å². The molecule has 30 heavy (non-hydrogen) atoms. The number of rotatable bonds is 7. The molecule has 2 amide bonds. The highest BCUT2D eigenvalue weighted by Crippen LogP contribution is 2.29. The molecule has 10 atom stereocenters. The average molecular weight is 439 g/mol. The van der Waals surface area contributed by atoms with Gasteiger partial charge in [0.15, 0.2) is 12.6 Å². The second-order valence-electron chi connectivity index (χ2n) is 7.15. The fourth-order valence-corrected chi connectivity index (χ4v) is 3.46. The van der Waals surface area contributed by atoms with Gasteiger partial charge in [0.1, 0.15) is 48.7 Å². The maximum absolute atomic E-state index is 11.5. The van der Waals surface area contributed by atoms with Crippen molar-refractivity contribution in [3.05, 3.63) is 0 Å². The highest BCUT2D eigenvalue weighted by molar-refractivity contribution is 5.73. The number of hydrogen-bond donors (Lipinski definition) is 8. The van der Waals surface area contributed by atoms with Crippen molar-refractivity contribution >= 4 is 11.8 Å². The standard InChI is InChI=1S/C16H29N3O11/c1-5(21)18-9-13(25)14(8(4-27-17)28-15(9)26)30-16-10(19-6(2)22)12(24)11(23)7(3-20)29-16/h7-16,20,23-26H,3-4,17H2,1-2H3,(H,18,21)(H,19,22)/t7-,8-,9-,10-,11-,12-,13-,14-,15-,16+/m1/s1. The molecule has 2 aliphatic rings. The SMILES string of the molecule is CC(=O)N[C@@H]1[C@@H](O)[C@H](O[C@@H]2O[C@H](CO)[C@@H](O)[C@H](O)[C@H]2NC(C)=O)[C@@H](CON)O[C@H]1O. The van der Waals surface area contributed by atoms with Gasteiger partial charge in [-0.3, -0.25) is 9.59 Å². The van der Waals surface area contributed by atoms with Crippen LogP contribution in [0.25, 0.3) is 0 Å². The molecule has 0 radical (unpaired) electrons. The van der Waals surface area contributed by atoms with E-state index in [1.54, 1.807) is 0 Å². The third-order valence-electron chi connectivity index (χ3n) is 4.86. The zero-order chi connectivity index (χ0) is 22.6. The van der Waals surface area contributed by atoms with Crippen LogP contribution in [0.15, 0.2) is 0 Å². The van der Waals surface area contributed by atoms with Crippen LogP contribution < -0.4 is 16.5 Å². The van der Waals surface area contributed by atoms with Gasteiger partial charge in [-0.25, -0.2) is 5.90 Å². The van der Waals surface area contributed by atoms with E-state index in [0.717, 1.165) is 0 Å². The maximum atomic E-state index is 11.5.